The zero-order valence-corrected chi connectivity index (χ0v) is 10.0. The van der Waals surface area contributed by atoms with Gasteiger partial charge in [0.2, 0.25) is 0 Å². The summed E-state index contributed by atoms with van der Waals surface area (Å²) >= 11 is 5.75. The molecule has 1 N–H and O–H groups in total. The summed E-state index contributed by atoms with van der Waals surface area (Å²) in [5.74, 6) is 1.76. The predicted octanol–water partition coefficient (Wildman–Crippen LogP) is 2.67. The number of halogens is 1. The minimum Gasteiger partial charge on any atom is -0.443 e. The van der Waals surface area contributed by atoms with Gasteiger partial charge in [0.1, 0.15) is 11.5 Å². The Kier molecular flexibility index (Phi) is 2.68. The molecular formula is C12H13ClN2O2. The molecule has 90 valence electrons. The van der Waals surface area contributed by atoms with Gasteiger partial charge in [0.05, 0.1) is 6.61 Å². The molecule has 0 amide bonds. The number of aromatic nitrogens is 2. The molecule has 0 saturated heterocycles. The number of aliphatic hydroxyl groups excluding tert-OH is 1. The highest BCUT2D eigenvalue weighted by molar-refractivity contribution is 6.28. The van der Waals surface area contributed by atoms with E-state index in [0.717, 1.165) is 30.9 Å². The number of imidazole rings is 1. The molecule has 1 unspecified atom stereocenters. The number of hydrogen-bond acceptors (Lipinski definition) is 3. The van der Waals surface area contributed by atoms with Gasteiger partial charge in [0, 0.05) is 18.7 Å². The first kappa shape index (κ1) is 10.9. The molecule has 2 aromatic rings. The van der Waals surface area contributed by atoms with Gasteiger partial charge in [-0.15, -0.1) is 0 Å². The minimum atomic E-state index is 0.142. The third kappa shape index (κ3) is 1.87. The molecule has 0 bridgehead atoms. The lowest BCUT2D eigenvalue weighted by molar-refractivity contribution is 0.238. The SMILES string of the molecule is OCC1CCCn2cc(-c3ccc(Cl)o3)nc21. The summed E-state index contributed by atoms with van der Waals surface area (Å²) in [7, 11) is 0. The predicted molar refractivity (Wildman–Crippen MR) is 64.0 cm³/mol. The Morgan fingerprint density at radius 2 is 2.41 bits per heavy atom. The third-order valence-corrected chi connectivity index (χ3v) is 3.37. The Hall–Kier alpha value is -1.26. The largest absolute Gasteiger partial charge is 0.443 e. The average molecular weight is 253 g/mol. The number of hydrogen-bond donors (Lipinski definition) is 1. The fourth-order valence-electron chi connectivity index (χ4n) is 2.32. The van der Waals surface area contributed by atoms with Crippen LogP contribution in [0.1, 0.15) is 24.6 Å². The summed E-state index contributed by atoms with van der Waals surface area (Å²) in [4.78, 5) is 4.54. The molecular weight excluding hydrogens is 240 g/mol. The summed E-state index contributed by atoms with van der Waals surface area (Å²) in [5.41, 5.74) is 0.784. The highest BCUT2D eigenvalue weighted by Crippen LogP contribution is 2.30. The highest BCUT2D eigenvalue weighted by atomic mass is 35.5. The molecule has 0 radical (unpaired) electrons. The van der Waals surface area contributed by atoms with Crippen molar-refractivity contribution in [3.63, 3.8) is 0 Å². The molecule has 2 aromatic heterocycles. The summed E-state index contributed by atoms with van der Waals surface area (Å²) in [6.07, 6.45) is 4.03. The van der Waals surface area contributed by atoms with Crippen molar-refractivity contribution < 1.29 is 9.52 Å². The van der Waals surface area contributed by atoms with Crippen LogP contribution in [-0.4, -0.2) is 21.3 Å². The first-order valence-corrected chi connectivity index (χ1v) is 6.09. The van der Waals surface area contributed by atoms with E-state index in [1.165, 1.54) is 0 Å². The maximum Gasteiger partial charge on any atom is 0.194 e. The van der Waals surface area contributed by atoms with Gasteiger partial charge in [-0.3, -0.25) is 0 Å². The van der Waals surface area contributed by atoms with Gasteiger partial charge in [-0.1, -0.05) is 0 Å². The molecule has 0 fully saturated rings. The van der Waals surface area contributed by atoms with Crippen molar-refractivity contribution in [1.82, 2.24) is 9.55 Å². The monoisotopic (exact) mass is 252 g/mol. The molecule has 1 atom stereocenters. The van der Waals surface area contributed by atoms with E-state index in [2.05, 4.69) is 9.55 Å². The summed E-state index contributed by atoms with van der Waals surface area (Å²) in [5, 5.41) is 9.69. The lowest BCUT2D eigenvalue weighted by Gasteiger charge is -2.20. The molecule has 0 spiro atoms. The maximum absolute atomic E-state index is 9.32. The smallest absolute Gasteiger partial charge is 0.194 e. The quantitative estimate of drug-likeness (QED) is 0.894. The third-order valence-electron chi connectivity index (χ3n) is 3.17. The van der Waals surface area contributed by atoms with Gasteiger partial charge in [-0.05, 0) is 36.6 Å². The van der Waals surface area contributed by atoms with E-state index in [4.69, 9.17) is 16.0 Å². The lowest BCUT2D eigenvalue weighted by Crippen LogP contribution is -2.18. The normalized spacial score (nSPS) is 19.3. The minimum absolute atomic E-state index is 0.142. The van der Waals surface area contributed by atoms with E-state index in [-0.39, 0.29) is 12.5 Å². The molecule has 17 heavy (non-hydrogen) atoms. The molecule has 0 aliphatic carbocycles. The van der Waals surface area contributed by atoms with Crippen LogP contribution in [0.2, 0.25) is 5.22 Å². The number of rotatable bonds is 2. The number of furan rings is 1. The van der Waals surface area contributed by atoms with Crippen LogP contribution in [0.5, 0.6) is 0 Å². The first-order valence-electron chi connectivity index (χ1n) is 5.71. The number of aliphatic hydroxyl groups is 1. The van der Waals surface area contributed by atoms with Crippen molar-refractivity contribution in [2.24, 2.45) is 0 Å². The van der Waals surface area contributed by atoms with Crippen molar-refractivity contribution in [2.45, 2.75) is 25.3 Å². The van der Waals surface area contributed by atoms with Crippen LogP contribution in [0.4, 0.5) is 0 Å². The number of aryl methyl sites for hydroxylation is 1. The Morgan fingerprint density at radius 1 is 1.53 bits per heavy atom. The second-order valence-corrected chi connectivity index (χ2v) is 4.68. The Bertz CT molecular complexity index is 532. The second kappa shape index (κ2) is 4.20. The molecule has 5 heteroatoms. The van der Waals surface area contributed by atoms with E-state index < -0.39 is 0 Å². The van der Waals surface area contributed by atoms with Gasteiger partial charge < -0.3 is 14.1 Å². The van der Waals surface area contributed by atoms with Crippen molar-refractivity contribution >= 4 is 11.6 Å². The van der Waals surface area contributed by atoms with Crippen molar-refractivity contribution in [1.29, 1.82) is 0 Å². The van der Waals surface area contributed by atoms with Crippen LogP contribution in [-0.2, 0) is 6.54 Å². The summed E-state index contributed by atoms with van der Waals surface area (Å²) < 4.78 is 7.44. The fourth-order valence-corrected chi connectivity index (χ4v) is 2.46. The number of fused-ring (bicyclic) bond motifs is 1. The first-order chi connectivity index (χ1) is 8.28. The zero-order chi connectivity index (χ0) is 11.8. The van der Waals surface area contributed by atoms with Crippen molar-refractivity contribution in [3.05, 3.63) is 29.4 Å². The van der Waals surface area contributed by atoms with Gasteiger partial charge in [0.25, 0.3) is 0 Å². The van der Waals surface area contributed by atoms with Gasteiger partial charge in [-0.25, -0.2) is 4.98 Å². The van der Waals surface area contributed by atoms with E-state index in [9.17, 15) is 5.11 Å². The van der Waals surface area contributed by atoms with Crippen LogP contribution >= 0.6 is 11.6 Å². The molecule has 4 nitrogen and oxygen atoms in total. The molecule has 3 rings (SSSR count). The standard InChI is InChI=1S/C12H13ClN2O2/c13-11-4-3-10(17-11)9-6-15-5-1-2-8(7-16)12(15)14-9/h3-4,6,8,16H,1-2,5,7H2. The van der Waals surface area contributed by atoms with E-state index in [1.807, 2.05) is 12.3 Å². The lowest BCUT2D eigenvalue weighted by atomic mass is 10.0. The second-order valence-electron chi connectivity index (χ2n) is 4.30. The van der Waals surface area contributed by atoms with E-state index in [0.29, 0.717) is 11.0 Å². The van der Waals surface area contributed by atoms with Crippen molar-refractivity contribution in [2.75, 3.05) is 6.61 Å². The molecule has 0 saturated carbocycles. The number of nitrogens with zero attached hydrogens (tertiary/aromatic N) is 2. The molecule has 0 aromatic carbocycles. The fraction of sp³-hybridized carbons (Fsp3) is 0.417. The maximum atomic E-state index is 9.32. The van der Waals surface area contributed by atoms with Crippen LogP contribution in [0, 0.1) is 0 Å². The highest BCUT2D eigenvalue weighted by Gasteiger charge is 2.23. The molecule has 3 heterocycles. The molecule has 1 aliphatic rings. The van der Waals surface area contributed by atoms with Crippen LogP contribution in [0.25, 0.3) is 11.5 Å². The van der Waals surface area contributed by atoms with Crippen LogP contribution in [0.3, 0.4) is 0 Å². The zero-order valence-electron chi connectivity index (χ0n) is 9.27. The Labute approximate surface area is 104 Å². The van der Waals surface area contributed by atoms with Gasteiger partial charge in [-0.2, -0.15) is 0 Å². The van der Waals surface area contributed by atoms with Gasteiger partial charge >= 0.3 is 0 Å². The van der Waals surface area contributed by atoms with Crippen molar-refractivity contribution in [3.8, 4) is 11.5 Å². The summed E-state index contributed by atoms with van der Waals surface area (Å²) in [6, 6.07) is 3.52. The van der Waals surface area contributed by atoms with E-state index >= 15 is 0 Å². The van der Waals surface area contributed by atoms with E-state index in [1.54, 1.807) is 6.07 Å². The summed E-state index contributed by atoms with van der Waals surface area (Å²) in [6.45, 7) is 1.10. The Balaban J connectivity index is 2.01. The Morgan fingerprint density at radius 3 is 3.12 bits per heavy atom. The van der Waals surface area contributed by atoms with Gasteiger partial charge in [0.15, 0.2) is 11.0 Å². The van der Waals surface area contributed by atoms with Crippen LogP contribution in [0.15, 0.2) is 22.7 Å². The topological polar surface area (TPSA) is 51.2 Å². The molecule has 1 aliphatic heterocycles. The van der Waals surface area contributed by atoms with Crippen LogP contribution < -0.4 is 0 Å². The average Bonchev–Trinajstić information content (AvgIpc) is 2.93.